The number of hydrogen-bond acceptors (Lipinski definition) is 3. The van der Waals surface area contributed by atoms with E-state index in [0.29, 0.717) is 13.1 Å². The predicted octanol–water partition coefficient (Wildman–Crippen LogP) is 3.31. The van der Waals surface area contributed by atoms with Crippen molar-refractivity contribution in [1.82, 2.24) is 19.8 Å². The van der Waals surface area contributed by atoms with Crippen LogP contribution < -0.4 is 5.32 Å². The zero-order valence-corrected chi connectivity index (χ0v) is 17.1. The molecular formula is C22H32N4O2. The number of likely N-dealkylation sites (N-methyl/N-ethyl adjacent to an activating group) is 1. The maximum absolute atomic E-state index is 12.6. The number of carbonyl (C=O) groups excluding carboxylic acids is 2. The fourth-order valence-electron chi connectivity index (χ4n) is 3.14. The van der Waals surface area contributed by atoms with Gasteiger partial charge in [0.1, 0.15) is 12.4 Å². The number of rotatable bonds is 12. The van der Waals surface area contributed by atoms with E-state index in [-0.39, 0.29) is 11.8 Å². The molecule has 0 fully saturated rings. The summed E-state index contributed by atoms with van der Waals surface area (Å²) in [6.07, 6.45) is 7.07. The summed E-state index contributed by atoms with van der Waals surface area (Å²) in [6, 6.07) is 7.97. The van der Waals surface area contributed by atoms with Crippen molar-refractivity contribution in [2.24, 2.45) is 0 Å². The Balaban J connectivity index is 1.98. The van der Waals surface area contributed by atoms with Crippen molar-refractivity contribution in [1.29, 1.82) is 0 Å². The quantitative estimate of drug-likeness (QED) is 0.451. The number of imidazole rings is 1. The normalized spacial score (nSPS) is 10.8. The molecule has 1 aromatic carbocycles. The summed E-state index contributed by atoms with van der Waals surface area (Å²) in [5, 5.41) is 2.79. The van der Waals surface area contributed by atoms with Crippen LogP contribution in [0.3, 0.4) is 0 Å². The number of carbonyl (C=O) groups is 2. The van der Waals surface area contributed by atoms with E-state index in [0.717, 1.165) is 61.9 Å². The van der Waals surface area contributed by atoms with Gasteiger partial charge in [-0.1, -0.05) is 38.5 Å². The van der Waals surface area contributed by atoms with Gasteiger partial charge >= 0.3 is 0 Å². The Labute approximate surface area is 167 Å². The molecule has 6 nitrogen and oxygen atoms in total. The predicted molar refractivity (Wildman–Crippen MR) is 113 cm³/mol. The number of hydrogen-bond donors (Lipinski definition) is 1. The van der Waals surface area contributed by atoms with Crippen LogP contribution in [0.4, 0.5) is 0 Å². The van der Waals surface area contributed by atoms with Gasteiger partial charge in [-0.25, -0.2) is 4.98 Å². The molecule has 1 heterocycles. The van der Waals surface area contributed by atoms with Gasteiger partial charge in [-0.15, -0.1) is 0 Å². The average molecular weight is 385 g/mol. The second kappa shape index (κ2) is 11.3. The Kier molecular flexibility index (Phi) is 8.72. The number of aromatic nitrogens is 2. The summed E-state index contributed by atoms with van der Waals surface area (Å²) in [6.45, 7) is 7.34. The molecular weight excluding hydrogens is 352 g/mol. The Morgan fingerprint density at radius 3 is 2.75 bits per heavy atom. The summed E-state index contributed by atoms with van der Waals surface area (Å²) >= 11 is 0. The summed E-state index contributed by atoms with van der Waals surface area (Å²) in [5.41, 5.74) is 1.94. The number of fused-ring (bicyclic) bond motifs is 1. The Morgan fingerprint density at radius 1 is 1.21 bits per heavy atom. The van der Waals surface area contributed by atoms with Crippen LogP contribution in [0.1, 0.15) is 44.9 Å². The summed E-state index contributed by atoms with van der Waals surface area (Å²) < 4.78 is 2.06. The molecule has 2 rings (SSSR count). The molecule has 0 radical (unpaired) electrons. The van der Waals surface area contributed by atoms with E-state index in [9.17, 15) is 9.59 Å². The number of benzene rings is 1. The van der Waals surface area contributed by atoms with E-state index in [1.54, 1.807) is 0 Å². The van der Waals surface area contributed by atoms with Crippen LogP contribution in [0, 0.1) is 0 Å². The van der Waals surface area contributed by atoms with Crippen LogP contribution in [0.5, 0.6) is 0 Å². The maximum Gasteiger partial charge on any atom is 0.243 e. The first-order chi connectivity index (χ1) is 13.6. The van der Waals surface area contributed by atoms with E-state index in [1.165, 1.54) is 6.08 Å². The zero-order chi connectivity index (χ0) is 20.4. The average Bonchev–Trinajstić information content (AvgIpc) is 3.05. The van der Waals surface area contributed by atoms with Crippen LogP contribution in [-0.2, 0) is 22.6 Å². The molecule has 0 aliphatic heterocycles. The number of unbranched alkanes of at least 4 members (excludes halogenated alkanes) is 3. The zero-order valence-electron chi connectivity index (χ0n) is 17.1. The van der Waals surface area contributed by atoms with Gasteiger partial charge in [0.05, 0.1) is 11.0 Å². The minimum atomic E-state index is -0.132. The van der Waals surface area contributed by atoms with Crippen LogP contribution in [-0.4, -0.2) is 46.4 Å². The highest BCUT2D eigenvalue weighted by Crippen LogP contribution is 2.18. The number of aryl methyl sites for hydroxylation is 1. The van der Waals surface area contributed by atoms with Gasteiger partial charge in [0.15, 0.2) is 0 Å². The highest BCUT2D eigenvalue weighted by atomic mass is 16.2. The van der Waals surface area contributed by atoms with Crippen molar-refractivity contribution >= 4 is 22.8 Å². The van der Waals surface area contributed by atoms with Gasteiger partial charge in [0.25, 0.3) is 0 Å². The third-order valence-corrected chi connectivity index (χ3v) is 4.86. The van der Waals surface area contributed by atoms with Crippen molar-refractivity contribution in [3.63, 3.8) is 0 Å². The molecule has 0 bridgehead atoms. The van der Waals surface area contributed by atoms with Crippen molar-refractivity contribution in [3.8, 4) is 0 Å². The molecule has 0 aliphatic carbocycles. The number of amides is 2. The number of nitrogens with zero attached hydrogens (tertiary/aromatic N) is 3. The van der Waals surface area contributed by atoms with Gasteiger partial charge < -0.3 is 14.8 Å². The largest absolute Gasteiger partial charge is 0.353 e. The molecule has 28 heavy (non-hydrogen) atoms. The second-order valence-electron chi connectivity index (χ2n) is 7.08. The first kappa shape index (κ1) is 21.7. The van der Waals surface area contributed by atoms with Crippen LogP contribution in [0.25, 0.3) is 11.0 Å². The topological polar surface area (TPSA) is 67.2 Å². The SMILES string of the molecule is C=CC(=O)NCCCCCc1nc2ccccc2n1CC(=O)N(C)CCCC. The van der Waals surface area contributed by atoms with Crippen molar-refractivity contribution < 1.29 is 9.59 Å². The first-order valence-electron chi connectivity index (χ1n) is 10.1. The molecule has 2 aromatic rings. The lowest BCUT2D eigenvalue weighted by Gasteiger charge is -2.18. The molecule has 2 amide bonds. The maximum atomic E-state index is 12.6. The van der Waals surface area contributed by atoms with E-state index in [1.807, 2.05) is 36.2 Å². The van der Waals surface area contributed by atoms with Crippen molar-refractivity contribution in [3.05, 3.63) is 42.7 Å². The molecule has 0 unspecified atom stereocenters. The third-order valence-electron chi connectivity index (χ3n) is 4.86. The fourth-order valence-corrected chi connectivity index (χ4v) is 3.14. The number of nitrogens with one attached hydrogen (secondary N) is 1. The molecule has 0 spiro atoms. The molecule has 0 atom stereocenters. The third kappa shape index (κ3) is 6.22. The van der Waals surface area contributed by atoms with E-state index in [2.05, 4.69) is 23.4 Å². The van der Waals surface area contributed by atoms with E-state index in [4.69, 9.17) is 4.98 Å². The monoisotopic (exact) mass is 384 g/mol. The molecule has 0 aliphatic rings. The molecule has 1 N–H and O–H groups in total. The molecule has 152 valence electrons. The second-order valence-corrected chi connectivity index (χ2v) is 7.08. The van der Waals surface area contributed by atoms with Crippen molar-refractivity contribution in [2.45, 2.75) is 52.0 Å². The summed E-state index contributed by atoms with van der Waals surface area (Å²) in [7, 11) is 1.87. The highest BCUT2D eigenvalue weighted by Gasteiger charge is 2.15. The fraction of sp³-hybridized carbons (Fsp3) is 0.500. The van der Waals surface area contributed by atoms with Gasteiger partial charge in [0, 0.05) is 26.6 Å². The molecule has 0 saturated carbocycles. The Bertz CT molecular complexity index is 797. The lowest BCUT2D eigenvalue weighted by atomic mass is 10.2. The first-order valence-corrected chi connectivity index (χ1v) is 10.1. The van der Waals surface area contributed by atoms with Crippen LogP contribution in [0.2, 0.25) is 0 Å². The highest BCUT2D eigenvalue weighted by molar-refractivity contribution is 5.86. The Morgan fingerprint density at radius 2 is 2.00 bits per heavy atom. The minimum Gasteiger partial charge on any atom is -0.353 e. The van der Waals surface area contributed by atoms with Gasteiger partial charge in [-0.2, -0.15) is 0 Å². The summed E-state index contributed by atoms with van der Waals surface area (Å²) in [5.74, 6) is 0.936. The molecule has 6 heteroatoms. The van der Waals surface area contributed by atoms with Gasteiger partial charge in [0.2, 0.25) is 11.8 Å². The van der Waals surface area contributed by atoms with E-state index >= 15 is 0 Å². The Hall–Kier alpha value is -2.63. The lowest BCUT2D eigenvalue weighted by Crippen LogP contribution is -2.31. The van der Waals surface area contributed by atoms with Crippen molar-refractivity contribution in [2.75, 3.05) is 20.1 Å². The summed E-state index contributed by atoms with van der Waals surface area (Å²) in [4.78, 5) is 30.4. The lowest BCUT2D eigenvalue weighted by molar-refractivity contribution is -0.130. The smallest absolute Gasteiger partial charge is 0.243 e. The molecule has 1 aromatic heterocycles. The minimum absolute atomic E-state index is 0.116. The van der Waals surface area contributed by atoms with Gasteiger partial charge in [-0.05, 0) is 37.5 Å². The van der Waals surface area contributed by atoms with E-state index < -0.39 is 0 Å². The molecule has 0 saturated heterocycles. The van der Waals surface area contributed by atoms with Crippen LogP contribution >= 0.6 is 0 Å². The standard InChI is InChI=1S/C22H32N4O2/c1-4-6-16-25(3)22(28)17-26-19-13-10-9-12-18(19)24-20(26)14-8-7-11-15-23-21(27)5-2/h5,9-10,12-13H,2,4,6-8,11,14-17H2,1,3H3,(H,23,27). The van der Waals surface area contributed by atoms with Gasteiger partial charge in [-0.3, -0.25) is 9.59 Å². The van der Waals surface area contributed by atoms with Crippen LogP contribution in [0.15, 0.2) is 36.9 Å². The number of para-hydroxylation sites is 2.